The molecule has 4 nitrogen and oxygen atoms in total. The van der Waals surface area contributed by atoms with Crippen LogP contribution < -0.4 is 11.0 Å². The SMILES string of the molecule is Cc1ccc2c(c1)n(C1CNC1)c(=O)n2C. The molecule has 1 aromatic heterocycles. The summed E-state index contributed by atoms with van der Waals surface area (Å²) in [4.78, 5) is 12.1. The highest BCUT2D eigenvalue weighted by molar-refractivity contribution is 5.77. The molecule has 0 radical (unpaired) electrons. The van der Waals surface area contributed by atoms with Gasteiger partial charge in [0.05, 0.1) is 17.1 Å². The van der Waals surface area contributed by atoms with Crippen molar-refractivity contribution >= 4 is 11.0 Å². The Morgan fingerprint density at radius 2 is 2.06 bits per heavy atom. The summed E-state index contributed by atoms with van der Waals surface area (Å²) in [5, 5.41) is 3.21. The molecule has 0 atom stereocenters. The number of nitrogens with one attached hydrogen (secondary N) is 1. The molecule has 1 aromatic carbocycles. The third-order valence-electron chi connectivity index (χ3n) is 3.37. The van der Waals surface area contributed by atoms with Crippen molar-refractivity contribution in [2.45, 2.75) is 13.0 Å². The molecule has 1 saturated heterocycles. The Morgan fingerprint density at radius 1 is 1.31 bits per heavy atom. The van der Waals surface area contributed by atoms with E-state index in [0.29, 0.717) is 6.04 Å². The molecule has 0 amide bonds. The van der Waals surface area contributed by atoms with E-state index in [9.17, 15) is 4.79 Å². The van der Waals surface area contributed by atoms with Crippen molar-refractivity contribution in [3.63, 3.8) is 0 Å². The first kappa shape index (κ1) is 9.66. The van der Waals surface area contributed by atoms with Crippen LogP contribution in [0.2, 0.25) is 0 Å². The van der Waals surface area contributed by atoms with E-state index in [-0.39, 0.29) is 5.69 Å². The molecule has 1 aliphatic heterocycles. The maximum absolute atomic E-state index is 12.1. The Labute approximate surface area is 93.5 Å². The molecule has 1 N–H and O–H groups in total. The van der Waals surface area contributed by atoms with Gasteiger partial charge in [-0.15, -0.1) is 0 Å². The topological polar surface area (TPSA) is 39.0 Å². The Morgan fingerprint density at radius 3 is 2.69 bits per heavy atom. The summed E-state index contributed by atoms with van der Waals surface area (Å²) in [6, 6.07) is 6.48. The first-order valence-electron chi connectivity index (χ1n) is 5.57. The fourth-order valence-corrected chi connectivity index (χ4v) is 2.29. The largest absolute Gasteiger partial charge is 0.329 e. The van der Waals surface area contributed by atoms with Gasteiger partial charge in [0.1, 0.15) is 0 Å². The third-order valence-corrected chi connectivity index (χ3v) is 3.37. The lowest BCUT2D eigenvalue weighted by Crippen LogP contribution is -2.46. The highest BCUT2D eigenvalue weighted by Gasteiger charge is 2.23. The molecule has 1 aliphatic rings. The second kappa shape index (κ2) is 3.22. The van der Waals surface area contributed by atoms with Crippen LogP contribution in [-0.2, 0) is 7.05 Å². The first-order chi connectivity index (χ1) is 7.68. The quantitative estimate of drug-likeness (QED) is 0.767. The lowest BCUT2D eigenvalue weighted by Gasteiger charge is -2.28. The van der Waals surface area contributed by atoms with Crippen LogP contribution in [0.5, 0.6) is 0 Å². The number of benzene rings is 1. The molecule has 0 aliphatic carbocycles. The monoisotopic (exact) mass is 217 g/mol. The van der Waals surface area contributed by atoms with Gasteiger partial charge < -0.3 is 5.32 Å². The van der Waals surface area contributed by atoms with Gasteiger partial charge in [0.15, 0.2) is 0 Å². The molecular formula is C12H15N3O. The highest BCUT2D eigenvalue weighted by Crippen LogP contribution is 2.20. The van der Waals surface area contributed by atoms with E-state index in [1.807, 2.05) is 23.7 Å². The van der Waals surface area contributed by atoms with Gasteiger partial charge >= 0.3 is 5.69 Å². The van der Waals surface area contributed by atoms with E-state index < -0.39 is 0 Å². The van der Waals surface area contributed by atoms with Gasteiger partial charge in [0.25, 0.3) is 0 Å². The molecule has 2 heterocycles. The van der Waals surface area contributed by atoms with Crippen LogP contribution in [-0.4, -0.2) is 22.2 Å². The summed E-state index contributed by atoms with van der Waals surface area (Å²) < 4.78 is 3.64. The Kier molecular flexibility index (Phi) is 1.94. The predicted molar refractivity (Wildman–Crippen MR) is 63.8 cm³/mol. The van der Waals surface area contributed by atoms with E-state index in [1.165, 1.54) is 5.56 Å². The minimum atomic E-state index is 0.0899. The van der Waals surface area contributed by atoms with E-state index in [0.717, 1.165) is 24.1 Å². The molecule has 2 aromatic rings. The summed E-state index contributed by atoms with van der Waals surface area (Å²) in [5.74, 6) is 0. The van der Waals surface area contributed by atoms with Gasteiger partial charge in [-0.3, -0.25) is 9.13 Å². The second-order valence-electron chi connectivity index (χ2n) is 4.52. The van der Waals surface area contributed by atoms with Crippen molar-refractivity contribution in [1.29, 1.82) is 0 Å². The Bertz CT molecular complexity index is 604. The number of rotatable bonds is 1. The van der Waals surface area contributed by atoms with Crippen LogP contribution in [0.25, 0.3) is 11.0 Å². The zero-order chi connectivity index (χ0) is 11.3. The fourth-order valence-electron chi connectivity index (χ4n) is 2.29. The minimum Gasteiger partial charge on any atom is -0.313 e. The molecule has 0 bridgehead atoms. The second-order valence-corrected chi connectivity index (χ2v) is 4.52. The highest BCUT2D eigenvalue weighted by atomic mass is 16.1. The minimum absolute atomic E-state index is 0.0899. The number of aromatic nitrogens is 2. The van der Waals surface area contributed by atoms with Crippen molar-refractivity contribution < 1.29 is 0 Å². The normalized spacial score (nSPS) is 16.6. The predicted octanol–water partition coefficient (Wildman–Crippen LogP) is 0.793. The molecular weight excluding hydrogens is 202 g/mol. The molecule has 16 heavy (non-hydrogen) atoms. The number of nitrogens with zero attached hydrogens (tertiary/aromatic N) is 2. The first-order valence-corrected chi connectivity index (χ1v) is 5.57. The fraction of sp³-hybridized carbons (Fsp3) is 0.417. The molecule has 0 saturated carbocycles. The third kappa shape index (κ3) is 1.16. The Hall–Kier alpha value is -1.55. The molecule has 3 rings (SSSR count). The van der Waals surface area contributed by atoms with E-state index in [4.69, 9.17) is 0 Å². The summed E-state index contributed by atoms with van der Waals surface area (Å²) >= 11 is 0. The molecule has 84 valence electrons. The van der Waals surface area contributed by atoms with Crippen molar-refractivity contribution in [3.05, 3.63) is 34.2 Å². The molecule has 0 spiro atoms. The maximum atomic E-state index is 12.1. The van der Waals surface area contributed by atoms with Crippen molar-refractivity contribution in [2.75, 3.05) is 13.1 Å². The lowest BCUT2D eigenvalue weighted by molar-refractivity contribution is 0.341. The molecule has 4 heteroatoms. The summed E-state index contributed by atoms with van der Waals surface area (Å²) in [6.07, 6.45) is 0. The molecule has 0 unspecified atom stereocenters. The van der Waals surface area contributed by atoms with Crippen LogP contribution in [0.1, 0.15) is 11.6 Å². The van der Waals surface area contributed by atoms with Crippen molar-refractivity contribution in [2.24, 2.45) is 7.05 Å². The zero-order valence-corrected chi connectivity index (χ0v) is 9.53. The molecule has 1 fully saturated rings. The maximum Gasteiger partial charge on any atom is 0.329 e. The average molecular weight is 217 g/mol. The van der Waals surface area contributed by atoms with Gasteiger partial charge in [-0.1, -0.05) is 6.07 Å². The number of imidazole rings is 1. The lowest BCUT2D eigenvalue weighted by atomic mass is 10.1. The van der Waals surface area contributed by atoms with Gasteiger partial charge in [-0.2, -0.15) is 0 Å². The van der Waals surface area contributed by atoms with Crippen molar-refractivity contribution in [1.82, 2.24) is 14.5 Å². The number of hydrogen-bond acceptors (Lipinski definition) is 2. The number of fused-ring (bicyclic) bond motifs is 1. The van der Waals surface area contributed by atoms with Gasteiger partial charge in [0, 0.05) is 20.1 Å². The number of aryl methyl sites for hydroxylation is 2. The van der Waals surface area contributed by atoms with Gasteiger partial charge in [-0.05, 0) is 24.6 Å². The van der Waals surface area contributed by atoms with E-state index >= 15 is 0 Å². The van der Waals surface area contributed by atoms with Gasteiger partial charge in [0.2, 0.25) is 0 Å². The van der Waals surface area contributed by atoms with Crippen LogP contribution in [0.15, 0.2) is 23.0 Å². The van der Waals surface area contributed by atoms with Crippen LogP contribution >= 0.6 is 0 Å². The number of hydrogen-bond donors (Lipinski definition) is 1. The Balaban J connectivity index is 2.36. The van der Waals surface area contributed by atoms with E-state index in [2.05, 4.69) is 18.3 Å². The van der Waals surface area contributed by atoms with Gasteiger partial charge in [-0.25, -0.2) is 4.79 Å². The van der Waals surface area contributed by atoms with Crippen LogP contribution in [0.4, 0.5) is 0 Å². The van der Waals surface area contributed by atoms with E-state index in [1.54, 1.807) is 4.57 Å². The van der Waals surface area contributed by atoms with Crippen molar-refractivity contribution in [3.8, 4) is 0 Å². The summed E-state index contributed by atoms with van der Waals surface area (Å²) in [5.41, 5.74) is 3.35. The standard InChI is InChI=1S/C12H15N3O/c1-8-3-4-10-11(5-8)15(9-6-13-7-9)12(16)14(10)2/h3-5,9,13H,6-7H2,1-2H3. The summed E-state index contributed by atoms with van der Waals surface area (Å²) in [6.45, 7) is 3.85. The average Bonchev–Trinajstić information content (AvgIpc) is 2.41. The smallest absolute Gasteiger partial charge is 0.313 e. The van der Waals surface area contributed by atoms with Crippen LogP contribution in [0, 0.1) is 6.92 Å². The van der Waals surface area contributed by atoms with Crippen LogP contribution in [0.3, 0.4) is 0 Å². The summed E-state index contributed by atoms with van der Waals surface area (Å²) in [7, 11) is 1.84. The zero-order valence-electron chi connectivity index (χ0n) is 9.53.